The molecule has 0 radical (unpaired) electrons. The summed E-state index contributed by atoms with van der Waals surface area (Å²) in [6.45, 7) is 3.17. The molecule has 9 heteroatoms. The van der Waals surface area contributed by atoms with Gasteiger partial charge in [0.1, 0.15) is 12.4 Å². The predicted molar refractivity (Wildman–Crippen MR) is 87.0 cm³/mol. The van der Waals surface area contributed by atoms with E-state index in [0.717, 1.165) is 17.2 Å². The van der Waals surface area contributed by atoms with Crippen LogP contribution in [-0.4, -0.2) is 27.6 Å². The topological polar surface area (TPSA) is 87.1 Å². The predicted octanol–water partition coefficient (Wildman–Crippen LogP) is 3.61. The van der Waals surface area contributed by atoms with Gasteiger partial charge in [-0.2, -0.15) is 18.2 Å². The smallest absolute Gasteiger partial charge is 0.433 e. The summed E-state index contributed by atoms with van der Waals surface area (Å²) in [7, 11) is 0. The molecule has 1 aromatic heterocycles. The SMILES string of the molecule is CCc1cccc(C)c1Nc1cc(C(F)(F)F)nc(NCC(=O)O)n1. The highest BCUT2D eigenvalue weighted by Crippen LogP contribution is 2.31. The molecule has 0 aliphatic carbocycles. The number of aliphatic carboxylic acids is 1. The van der Waals surface area contributed by atoms with E-state index in [1.54, 1.807) is 0 Å². The van der Waals surface area contributed by atoms with E-state index in [-0.39, 0.29) is 5.82 Å². The highest BCUT2D eigenvalue weighted by atomic mass is 19.4. The highest BCUT2D eigenvalue weighted by molar-refractivity contribution is 5.72. The van der Waals surface area contributed by atoms with Crippen molar-refractivity contribution in [2.45, 2.75) is 26.4 Å². The minimum Gasteiger partial charge on any atom is -0.480 e. The molecule has 0 saturated carbocycles. The lowest BCUT2D eigenvalue weighted by Gasteiger charge is -2.16. The van der Waals surface area contributed by atoms with Gasteiger partial charge in [0.15, 0.2) is 5.69 Å². The zero-order valence-electron chi connectivity index (χ0n) is 13.6. The number of carbonyl (C=O) groups is 1. The number of aromatic nitrogens is 2. The third kappa shape index (κ3) is 4.82. The first-order chi connectivity index (χ1) is 11.7. The summed E-state index contributed by atoms with van der Waals surface area (Å²) < 4.78 is 39.1. The van der Waals surface area contributed by atoms with Crippen LogP contribution in [0.4, 0.5) is 30.6 Å². The highest BCUT2D eigenvalue weighted by Gasteiger charge is 2.34. The van der Waals surface area contributed by atoms with Gasteiger partial charge in [0.05, 0.1) is 0 Å². The summed E-state index contributed by atoms with van der Waals surface area (Å²) >= 11 is 0. The fourth-order valence-electron chi connectivity index (χ4n) is 2.22. The molecule has 2 rings (SSSR count). The molecular weight excluding hydrogens is 337 g/mol. The Morgan fingerprint density at radius 3 is 2.60 bits per heavy atom. The Kier molecular flexibility index (Phi) is 5.45. The average molecular weight is 354 g/mol. The summed E-state index contributed by atoms with van der Waals surface area (Å²) in [5, 5.41) is 13.8. The van der Waals surface area contributed by atoms with Crippen LogP contribution < -0.4 is 10.6 Å². The Balaban J connectivity index is 2.43. The first-order valence-corrected chi connectivity index (χ1v) is 7.48. The molecule has 0 atom stereocenters. The molecule has 1 heterocycles. The van der Waals surface area contributed by atoms with Crippen molar-refractivity contribution in [1.29, 1.82) is 0 Å². The summed E-state index contributed by atoms with van der Waals surface area (Å²) in [5.41, 5.74) is 1.28. The van der Waals surface area contributed by atoms with Crippen LogP contribution in [-0.2, 0) is 17.4 Å². The standard InChI is InChI=1S/C16H17F3N4O2/c1-3-10-6-4-5-9(2)14(10)22-12-7-11(16(17,18)19)21-15(23-12)20-8-13(24)25/h4-7H,3,8H2,1-2H3,(H,24,25)(H2,20,21,22,23). The maximum Gasteiger partial charge on any atom is 0.433 e. The lowest BCUT2D eigenvalue weighted by Crippen LogP contribution is -2.17. The van der Waals surface area contributed by atoms with Crippen molar-refractivity contribution in [3.8, 4) is 0 Å². The first-order valence-electron chi connectivity index (χ1n) is 7.48. The van der Waals surface area contributed by atoms with Gasteiger partial charge >= 0.3 is 12.1 Å². The Morgan fingerprint density at radius 2 is 2.00 bits per heavy atom. The largest absolute Gasteiger partial charge is 0.480 e. The third-order valence-electron chi connectivity index (χ3n) is 3.41. The number of aryl methyl sites for hydroxylation is 2. The molecule has 0 amide bonds. The Bertz CT molecular complexity index is 778. The number of para-hydroxylation sites is 1. The average Bonchev–Trinajstić information content (AvgIpc) is 2.54. The lowest BCUT2D eigenvalue weighted by atomic mass is 10.1. The molecule has 25 heavy (non-hydrogen) atoms. The quantitative estimate of drug-likeness (QED) is 0.735. The van der Waals surface area contributed by atoms with Gasteiger partial charge in [-0.3, -0.25) is 4.79 Å². The van der Waals surface area contributed by atoms with Gasteiger partial charge < -0.3 is 15.7 Å². The Morgan fingerprint density at radius 1 is 1.28 bits per heavy atom. The number of rotatable bonds is 6. The van der Waals surface area contributed by atoms with Crippen LogP contribution in [0.1, 0.15) is 23.7 Å². The number of carboxylic acid groups (broad SMARTS) is 1. The minimum absolute atomic E-state index is 0.0702. The number of hydrogen-bond acceptors (Lipinski definition) is 5. The van der Waals surface area contributed by atoms with E-state index in [4.69, 9.17) is 5.11 Å². The van der Waals surface area contributed by atoms with E-state index in [2.05, 4.69) is 20.6 Å². The summed E-state index contributed by atoms with van der Waals surface area (Å²) in [6.07, 6.45) is -4.00. The van der Waals surface area contributed by atoms with Crippen molar-refractivity contribution < 1.29 is 23.1 Å². The number of nitrogens with one attached hydrogen (secondary N) is 2. The summed E-state index contributed by atoms with van der Waals surface area (Å²) in [5.74, 6) is -1.71. The van der Waals surface area contributed by atoms with Crippen molar-refractivity contribution in [2.24, 2.45) is 0 Å². The van der Waals surface area contributed by atoms with Crippen LogP contribution in [0.2, 0.25) is 0 Å². The molecule has 0 unspecified atom stereocenters. The van der Waals surface area contributed by atoms with Crippen molar-refractivity contribution >= 4 is 23.4 Å². The molecule has 0 spiro atoms. The monoisotopic (exact) mass is 354 g/mol. The number of nitrogens with zero attached hydrogens (tertiary/aromatic N) is 2. The second kappa shape index (κ2) is 7.37. The van der Waals surface area contributed by atoms with Crippen LogP contribution in [0.5, 0.6) is 0 Å². The van der Waals surface area contributed by atoms with Crippen LogP contribution in [0.15, 0.2) is 24.3 Å². The second-order valence-electron chi connectivity index (χ2n) is 5.29. The molecule has 6 nitrogen and oxygen atoms in total. The first kappa shape index (κ1) is 18.5. The molecule has 0 saturated heterocycles. The number of halogens is 3. The Hall–Kier alpha value is -2.84. The Labute approximate surface area is 142 Å². The zero-order valence-corrected chi connectivity index (χ0v) is 13.6. The lowest BCUT2D eigenvalue weighted by molar-refractivity contribution is -0.141. The van der Waals surface area contributed by atoms with E-state index in [0.29, 0.717) is 12.1 Å². The molecule has 0 aliphatic rings. The third-order valence-corrected chi connectivity index (χ3v) is 3.41. The number of carboxylic acids is 1. The molecule has 2 aromatic rings. The summed E-state index contributed by atoms with van der Waals surface area (Å²) in [6, 6.07) is 6.35. The van der Waals surface area contributed by atoms with Crippen LogP contribution in [0, 0.1) is 6.92 Å². The molecule has 134 valence electrons. The fraction of sp³-hybridized carbons (Fsp3) is 0.312. The van der Waals surface area contributed by atoms with E-state index in [1.165, 1.54) is 0 Å². The number of anilines is 3. The van der Waals surface area contributed by atoms with Crippen LogP contribution >= 0.6 is 0 Å². The van der Waals surface area contributed by atoms with E-state index in [9.17, 15) is 18.0 Å². The maximum atomic E-state index is 13.0. The van der Waals surface area contributed by atoms with Gasteiger partial charge in [-0.1, -0.05) is 25.1 Å². The van der Waals surface area contributed by atoms with Crippen LogP contribution in [0.3, 0.4) is 0 Å². The van der Waals surface area contributed by atoms with E-state index < -0.39 is 30.3 Å². The van der Waals surface area contributed by atoms with E-state index in [1.807, 2.05) is 32.0 Å². The normalized spacial score (nSPS) is 11.2. The van der Waals surface area contributed by atoms with Gasteiger partial charge in [0.2, 0.25) is 5.95 Å². The summed E-state index contributed by atoms with van der Waals surface area (Å²) in [4.78, 5) is 17.9. The number of hydrogen-bond donors (Lipinski definition) is 3. The van der Waals surface area contributed by atoms with Gasteiger partial charge in [-0.05, 0) is 24.5 Å². The van der Waals surface area contributed by atoms with Crippen molar-refractivity contribution in [1.82, 2.24) is 9.97 Å². The zero-order chi connectivity index (χ0) is 18.6. The minimum atomic E-state index is -4.68. The van der Waals surface area contributed by atoms with Gasteiger partial charge in [-0.25, -0.2) is 4.98 Å². The molecule has 0 fully saturated rings. The van der Waals surface area contributed by atoms with Crippen molar-refractivity contribution in [2.75, 3.05) is 17.2 Å². The van der Waals surface area contributed by atoms with Gasteiger partial charge in [0.25, 0.3) is 0 Å². The molecule has 0 aliphatic heterocycles. The van der Waals surface area contributed by atoms with Crippen molar-refractivity contribution in [3.63, 3.8) is 0 Å². The van der Waals surface area contributed by atoms with Gasteiger partial charge in [0, 0.05) is 11.8 Å². The van der Waals surface area contributed by atoms with Crippen LogP contribution in [0.25, 0.3) is 0 Å². The molecule has 0 bridgehead atoms. The maximum absolute atomic E-state index is 13.0. The molecule has 1 aromatic carbocycles. The number of benzene rings is 1. The van der Waals surface area contributed by atoms with E-state index >= 15 is 0 Å². The number of alkyl halides is 3. The molecule has 3 N–H and O–H groups in total. The van der Waals surface area contributed by atoms with Gasteiger partial charge in [-0.15, -0.1) is 0 Å². The fourth-order valence-corrected chi connectivity index (χ4v) is 2.22. The van der Waals surface area contributed by atoms with Crippen molar-refractivity contribution in [3.05, 3.63) is 41.1 Å². The second-order valence-corrected chi connectivity index (χ2v) is 5.29. The molecular formula is C16H17F3N4O2.